The monoisotopic (exact) mass is 153 g/mol. The molecule has 1 N–H and O–H groups in total. The summed E-state index contributed by atoms with van der Waals surface area (Å²) in [5, 5.41) is 2.23. The van der Waals surface area contributed by atoms with Crippen molar-refractivity contribution in [3.63, 3.8) is 0 Å². The van der Waals surface area contributed by atoms with Crippen molar-refractivity contribution in [3.8, 4) is 0 Å². The van der Waals surface area contributed by atoms with E-state index in [0.717, 1.165) is 18.5 Å². The number of nitrogens with one attached hydrogen (secondary N) is 1. The van der Waals surface area contributed by atoms with E-state index >= 15 is 0 Å². The fourth-order valence-electron chi connectivity index (χ4n) is 1.64. The zero-order valence-corrected chi connectivity index (χ0v) is 6.88. The lowest BCUT2D eigenvalue weighted by molar-refractivity contribution is 0.574. The molecule has 1 aliphatic rings. The Morgan fingerprint density at radius 1 is 1.25 bits per heavy atom. The third-order valence-corrected chi connectivity index (χ3v) is 2.27. The van der Waals surface area contributed by atoms with Crippen molar-refractivity contribution < 1.29 is 0 Å². The molecule has 56 valence electrons. The summed E-state index contributed by atoms with van der Waals surface area (Å²) in [6.07, 6.45) is 1.01. The molecule has 1 nitrogen and oxygen atoms in total. The second kappa shape index (κ2) is 2.67. The van der Waals surface area contributed by atoms with Gasteiger partial charge in [0.25, 0.3) is 0 Å². The molecule has 1 aliphatic heterocycles. The minimum atomic E-state index is -0.838. The summed E-state index contributed by atoms with van der Waals surface area (Å²) in [5.41, 5.74) is 2.26. The molecule has 2 rings (SSSR count). The third kappa shape index (κ3) is 1.18. The van der Waals surface area contributed by atoms with Gasteiger partial charge in [0.2, 0.25) is 0 Å². The first-order chi connectivity index (χ1) is 5.70. The lowest BCUT2D eigenvalue weighted by Crippen LogP contribution is -2.48. The van der Waals surface area contributed by atoms with Crippen LogP contribution in [0.2, 0.25) is 0 Å². The van der Waals surface area contributed by atoms with Gasteiger partial charge in [-0.3, -0.25) is 0 Å². The first kappa shape index (κ1) is 7.93. The third-order valence-electron chi connectivity index (χ3n) is 2.27. The van der Waals surface area contributed by atoms with Crippen molar-refractivity contribution in [2.75, 3.05) is 6.54 Å². The fraction of sp³-hybridized carbons (Fsp3) is 0.333. The number of hydrogen-bond acceptors (Lipinski definition) is 1. The van der Waals surface area contributed by atoms with Crippen LogP contribution in [0.3, 0.4) is 0 Å². The van der Waals surface area contributed by atoms with Gasteiger partial charge in [0.1, 0.15) is 0 Å². The van der Waals surface area contributed by atoms with Crippen LogP contribution < -0.4 is 5.32 Å². The van der Waals surface area contributed by atoms with Gasteiger partial charge < -0.3 is 5.32 Å². The Kier molecular flexibility index (Phi) is 1.76. The van der Waals surface area contributed by atoms with E-state index in [9.17, 15) is 0 Å². The van der Waals surface area contributed by atoms with E-state index in [1.165, 1.54) is 5.56 Å². The molecule has 0 amide bonds. The zero-order chi connectivity index (χ0) is 8.60. The molecular weight excluding hydrogens is 144 g/mol. The molecule has 1 aromatic rings. The first-order valence-corrected chi connectivity index (χ1v) is 4.11. The highest BCUT2D eigenvalue weighted by Gasteiger charge is 2.24. The van der Waals surface area contributed by atoms with E-state index in [4.69, 9.17) is 15.7 Å². The van der Waals surface area contributed by atoms with Crippen LogP contribution in [0.4, 0.5) is 0 Å². The van der Waals surface area contributed by atoms with Gasteiger partial charge in [-0.15, -0.1) is 0 Å². The van der Waals surface area contributed by atoms with Crippen LogP contribution in [0.15, 0.2) is 24.3 Å². The van der Waals surface area contributed by atoms with Crippen LogP contribution in [-0.4, -0.2) is 22.2 Å². The predicted molar refractivity (Wildman–Crippen MR) is 51.3 cm³/mol. The average Bonchev–Trinajstić information content (AvgIpc) is 2.04. The van der Waals surface area contributed by atoms with E-state index < -0.39 is 5.34 Å². The highest BCUT2D eigenvalue weighted by Crippen LogP contribution is 2.22. The quantitative estimate of drug-likeness (QED) is 0.527. The van der Waals surface area contributed by atoms with Gasteiger partial charge in [-0.2, -0.15) is 0 Å². The number of hydrogen-bond donors (Lipinski definition) is 1. The summed E-state index contributed by atoms with van der Waals surface area (Å²) in [5.74, 6) is 0. The lowest BCUT2D eigenvalue weighted by atomic mass is 9.56. The van der Waals surface area contributed by atoms with Crippen molar-refractivity contribution in [2.45, 2.75) is 11.8 Å². The maximum absolute atomic E-state index is 5.86. The molecule has 3 heteroatoms. The molecule has 0 aromatic heterocycles. The highest BCUT2D eigenvalue weighted by atomic mass is 14.9. The molecule has 0 aliphatic carbocycles. The molecule has 0 fully saturated rings. The van der Waals surface area contributed by atoms with Crippen LogP contribution in [0, 0.1) is 0 Å². The minimum absolute atomic E-state index is 0.838. The summed E-state index contributed by atoms with van der Waals surface area (Å²) >= 11 is 0. The second-order valence-corrected chi connectivity index (χ2v) is 3.20. The van der Waals surface area contributed by atoms with Crippen molar-refractivity contribution in [2.24, 2.45) is 0 Å². The molecule has 12 heavy (non-hydrogen) atoms. The Balaban J connectivity index is 2.52. The predicted octanol–water partition coefficient (Wildman–Crippen LogP) is 0.280. The molecular formula is C9H9B2N. The van der Waals surface area contributed by atoms with Gasteiger partial charge in [0.05, 0.1) is 15.7 Å². The number of fused-ring (bicyclic) bond motifs is 1. The summed E-state index contributed by atoms with van der Waals surface area (Å²) in [6.45, 7) is 0.851. The molecule has 0 atom stereocenters. The van der Waals surface area contributed by atoms with E-state index in [2.05, 4.69) is 11.4 Å². The zero-order valence-electron chi connectivity index (χ0n) is 6.88. The van der Waals surface area contributed by atoms with E-state index in [0.29, 0.717) is 0 Å². The first-order valence-electron chi connectivity index (χ1n) is 4.11. The maximum Gasteiger partial charge on any atom is 0.0884 e. The Bertz CT molecular complexity index is 296. The lowest BCUT2D eigenvalue weighted by Gasteiger charge is -2.35. The Hall–Kier alpha value is -0.690. The van der Waals surface area contributed by atoms with Crippen LogP contribution in [-0.2, 0) is 11.8 Å². The standard InChI is InChI=1S/C9H9B2N/c10-9(11)8-4-2-1-3-7(8)5-6-12-9/h1-4,12H,5-6H2. The van der Waals surface area contributed by atoms with Crippen LogP contribution in [0.1, 0.15) is 11.1 Å². The summed E-state index contributed by atoms with van der Waals surface area (Å²) in [6, 6.07) is 8.02. The van der Waals surface area contributed by atoms with Crippen LogP contribution >= 0.6 is 0 Å². The van der Waals surface area contributed by atoms with Crippen LogP contribution in [0.25, 0.3) is 0 Å². The average molecular weight is 153 g/mol. The molecule has 1 aromatic carbocycles. The molecule has 0 bridgehead atoms. The Morgan fingerprint density at radius 2 is 2.00 bits per heavy atom. The molecule has 0 saturated carbocycles. The topological polar surface area (TPSA) is 12.0 Å². The van der Waals surface area contributed by atoms with E-state index in [1.807, 2.05) is 18.2 Å². The summed E-state index contributed by atoms with van der Waals surface area (Å²) < 4.78 is 0. The van der Waals surface area contributed by atoms with E-state index in [-0.39, 0.29) is 0 Å². The van der Waals surface area contributed by atoms with Crippen molar-refractivity contribution in [1.29, 1.82) is 0 Å². The molecule has 4 radical (unpaired) electrons. The van der Waals surface area contributed by atoms with Gasteiger partial charge in [-0.05, 0) is 29.4 Å². The molecule has 1 heterocycles. The number of benzene rings is 1. The molecule has 0 saturated heterocycles. The minimum Gasteiger partial charge on any atom is -0.324 e. The highest BCUT2D eigenvalue weighted by molar-refractivity contribution is 6.39. The van der Waals surface area contributed by atoms with Crippen molar-refractivity contribution in [3.05, 3.63) is 35.4 Å². The van der Waals surface area contributed by atoms with Gasteiger partial charge in [-0.1, -0.05) is 24.3 Å². The van der Waals surface area contributed by atoms with Crippen molar-refractivity contribution >= 4 is 15.7 Å². The van der Waals surface area contributed by atoms with Gasteiger partial charge in [0.15, 0.2) is 0 Å². The summed E-state index contributed by atoms with van der Waals surface area (Å²) in [7, 11) is 11.7. The molecule has 0 unspecified atom stereocenters. The Morgan fingerprint density at radius 3 is 2.75 bits per heavy atom. The molecule has 0 spiro atoms. The largest absolute Gasteiger partial charge is 0.324 e. The van der Waals surface area contributed by atoms with Gasteiger partial charge in [-0.25, -0.2) is 0 Å². The Labute approximate surface area is 75.4 Å². The second-order valence-electron chi connectivity index (χ2n) is 3.20. The van der Waals surface area contributed by atoms with Gasteiger partial charge in [0, 0.05) is 0 Å². The van der Waals surface area contributed by atoms with E-state index in [1.54, 1.807) is 0 Å². The fourth-order valence-corrected chi connectivity index (χ4v) is 1.64. The smallest absolute Gasteiger partial charge is 0.0884 e. The summed E-state index contributed by atoms with van der Waals surface area (Å²) in [4.78, 5) is 0. The SMILES string of the molecule is [B]C1([B])NCCc2ccccc21. The van der Waals surface area contributed by atoms with Crippen molar-refractivity contribution in [1.82, 2.24) is 5.32 Å². The number of rotatable bonds is 0. The normalized spacial score (nSPS) is 20.0. The van der Waals surface area contributed by atoms with Crippen LogP contribution in [0.5, 0.6) is 0 Å². The maximum atomic E-state index is 5.86. The van der Waals surface area contributed by atoms with Gasteiger partial charge >= 0.3 is 0 Å².